The van der Waals surface area contributed by atoms with E-state index in [9.17, 15) is 18.0 Å². The predicted octanol–water partition coefficient (Wildman–Crippen LogP) is 5.02. The number of hydrogen-bond acceptors (Lipinski definition) is 3. The van der Waals surface area contributed by atoms with Crippen LogP contribution in [0.1, 0.15) is 29.3 Å². The number of alkyl halides is 3. The van der Waals surface area contributed by atoms with Gasteiger partial charge in [-0.25, -0.2) is 4.79 Å². The zero-order chi connectivity index (χ0) is 23.2. The molecule has 5 rings (SSSR count). The highest BCUT2D eigenvalue weighted by atomic mass is 19.4. The Bertz CT molecular complexity index is 1230. The topological polar surface area (TPSA) is 57.3 Å². The molecule has 1 aliphatic carbocycles. The molecule has 170 valence electrons. The number of aromatic nitrogens is 1. The molecule has 0 saturated carbocycles. The Hall–Kier alpha value is -3.39. The third kappa shape index (κ3) is 3.74. The summed E-state index contributed by atoms with van der Waals surface area (Å²) < 4.78 is 41.1. The van der Waals surface area contributed by atoms with Crippen molar-refractivity contribution in [2.45, 2.75) is 25.1 Å². The Morgan fingerprint density at radius 3 is 2.70 bits per heavy atom. The van der Waals surface area contributed by atoms with E-state index in [-0.39, 0.29) is 18.8 Å². The van der Waals surface area contributed by atoms with Gasteiger partial charge in [-0.05, 0) is 59.9 Å². The van der Waals surface area contributed by atoms with Crippen LogP contribution < -0.4 is 10.6 Å². The van der Waals surface area contributed by atoms with Crippen molar-refractivity contribution in [3.8, 4) is 11.1 Å². The number of piperazine rings is 1. The van der Waals surface area contributed by atoms with E-state index in [1.165, 1.54) is 28.3 Å². The van der Waals surface area contributed by atoms with Crippen molar-refractivity contribution >= 4 is 11.7 Å². The van der Waals surface area contributed by atoms with Crippen molar-refractivity contribution in [1.82, 2.24) is 15.2 Å². The first-order valence-electron chi connectivity index (χ1n) is 10.8. The van der Waals surface area contributed by atoms with Gasteiger partial charge in [-0.2, -0.15) is 13.2 Å². The van der Waals surface area contributed by atoms with Crippen molar-refractivity contribution in [2.24, 2.45) is 0 Å². The highest BCUT2D eigenvalue weighted by Gasteiger charge is 2.46. The number of nitrogens with zero attached hydrogens (tertiary/aromatic N) is 2. The third-order valence-electron chi connectivity index (χ3n) is 6.49. The van der Waals surface area contributed by atoms with Gasteiger partial charge in [0.2, 0.25) is 0 Å². The summed E-state index contributed by atoms with van der Waals surface area (Å²) in [6, 6.07) is 15.8. The lowest BCUT2D eigenvalue weighted by Gasteiger charge is -2.45. The normalized spacial score (nSPS) is 19.7. The zero-order valence-corrected chi connectivity index (χ0v) is 18.0. The zero-order valence-electron chi connectivity index (χ0n) is 18.0. The molecular formula is C25H23F3N4O. The van der Waals surface area contributed by atoms with Gasteiger partial charge >= 0.3 is 12.2 Å². The van der Waals surface area contributed by atoms with E-state index in [1.807, 2.05) is 30.3 Å². The van der Waals surface area contributed by atoms with Crippen molar-refractivity contribution in [2.75, 3.05) is 25.0 Å². The van der Waals surface area contributed by atoms with Gasteiger partial charge in [-0.15, -0.1) is 0 Å². The number of carbonyl (C=O) groups excluding carboxylic acids is 1. The summed E-state index contributed by atoms with van der Waals surface area (Å²) in [5.41, 5.74) is 3.04. The molecule has 1 fully saturated rings. The van der Waals surface area contributed by atoms with Gasteiger partial charge in [0.25, 0.3) is 0 Å². The number of benzene rings is 2. The average Bonchev–Trinajstić information content (AvgIpc) is 3.16. The van der Waals surface area contributed by atoms with Crippen LogP contribution in [0, 0.1) is 0 Å². The van der Waals surface area contributed by atoms with Gasteiger partial charge in [0, 0.05) is 31.5 Å². The molecule has 33 heavy (non-hydrogen) atoms. The van der Waals surface area contributed by atoms with E-state index in [0.717, 1.165) is 23.6 Å². The lowest BCUT2D eigenvalue weighted by molar-refractivity contribution is -0.139. The molecule has 0 bridgehead atoms. The fraction of sp³-hybridized carbons (Fsp3) is 0.280. The summed E-state index contributed by atoms with van der Waals surface area (Å²) in [7, 11) is 0. The van der Waals surface area contributed by atoms with Crippen molar-refractivity contribution in [3.05, 3.63) is 83.2 Å². The molecule has 1 aromatic heterocycles. The molecular weight excluding hydrogens is 429 g/mol. The molecule has 0 spiro atoms. The first-order chi connectivity index (χ1) is 15.8. The van der Waals surface area contributed by atoms with Gasteiger partial charge in [0.05, 0.1) is 16.8 Å². The number of amides is 2. The minimum absolute atomic E-state index is 0.163. The molecule has 2 N–H and O–H groups in total. The smallest absolute Gasteiger partial charge is 0.312 e. The Morgan fingerprint density at radius 1 is 1.09 bits per heavy atom. The maximum Gasteiger partial charge on any atom is 0.418 e. The summed E-state index contributed by atoms with van der Waals surface area (Å²) in [6.45, 7) is 2.53. The number of urea groups is 1. The van der Waals surface area contributed by atoms with Crippen molar-refractivity contribution in [3.63, 3.8) is 0 Å². The van der Waals surface area contributed by atoms with E-state index in [2.05, 4.69) is 27.8 Å². The average molecular weight is 452 g/mol. The fourth-order valence-electron chi connectivity index (χ4n) is 4.88. The summed E-state index contributed by atoms with van der Waals surface area (Å²) in [5.74, 6) is 0. The standard InChI is InChI=1S/C25H23F3N4O/c1-24(22-21(25(26,27)28)7-4-10-30-22)15-29-11-12-32(24)23(33)31-18-8-9-20-17(14-18)13-16-5-2-3-6-19(16)20/h2-10,14,29H,11-13,15H2,1H3,(H,31,33)/t24-/m1/s1. The van der Waals surface area contributed by atoms with E-state index in [1.54, 1.807) is 6.92 Å². The lowest BCUT2D eigenvalue weighted by atomic mass is 9.89. The minimum Gasteiger partial charge on any atom is -0.312 e. The molecule has 3 aromatic rings. The van der Waals surface area contributed by atoms with Crippen LogP contribution >= 0.6 is 0 Å². The van der Waals surface area contributed by atoms with E-state index < -0.39 is 23.3 Å². The van der Waals surface area contributed by atoms with Gasteiger partial charge in [-0.1, -0.05) is 30.3 Å². The Balaban J connectivity index is 1.43. The van der Waals surface area contributed by atoms with Crippen molar-refractivity contribution in [1.29, 1.82) is 0 Å². The molecule has 1 atom stereocenters. The number of fused-ring (bicyclic) bond motifs is 3. The van der Waals surface area contributed by atoms with Crippen LogP contribution in [0.2, 0.25) is 0 Å². The largest absolute Gasteiger partial charge is 0.418 e. The second kappa shape index (κ2) is 7.88. The highest BCUT2D eigenvalue weighted by molar-refractivity contribution is 5.91. The molecule has 2 heterocycles. The quantitative estimate of drug-likeness (QED) is 0.449. The summed E-state index contributed by atoms with van der Waals surface area (Å²) in [4.78, 5) is 18.8. The highest BCUT2D eigenvalue weighted by Crippen LogP contribution is 2.40. The van der Waals surface area contributed by atoms with Crippen molar-refractivity contribution < 1.29 is 18.0 Å². The van der Waals surface area contributed by atoms with E-state index >= 15 is 0 Å². The predicted molar refractivity (Wildman–Crippen MR) is 120 cm³/mol. The molecule has 1 aliphatic heterocycles. The number of halogens is 3. The van der Waals surface area contributed by atoms with Gasteiger partial charge in [-0.3, -0.25) is 4.98 Å². The van der Waals surface area contributed by atoms with Gasteiger partial charge < -0.3 is 15.5 Å². The van der Waals surface area contributed by atoms with Crippen LogP contribution in [0.25, 0.3) is 11.1 Å². The number of hydrogen-bond donors (Lipinski definition) is 2. The first-order valence-corrected chi connectivity index (χ1v) is 10.8. The Labute approximate surface area is 189 Å². The molecule has 2 aromatic carbocycles. The molecule has 1 saturated heterocycles. The summed E-state index contributed by atoms with van der Waals surface area (Å²) in [5, 5.41) is 6.02. The summed E-state index contributed by atoms with van der Waals surface area (Å²) in [6.07, 6.45) is -2.46. The fourth-order valence-corrected chi connectivity index (χ4v) is 4.88. The summed E-state index contributed by atoms with van der Waals surface area (Å²) >= 11 is 0. The minimum atomic E-state index is -4.57. The monoisotopic (exact) mass is 452 g/mol. The SMILES string of the molecule is C[C@]1(c2ncccc2C(F)(F)F)CNCCN1C(=O)Nc1ccc2c(c1)Cc1ccccc1-2. The second-order valence-corrected chi connectivity index (χ2v) is 8.64. The van der Waals surface area contributed by atoms with Crippen LogP contribution in [0.15, 0.2) is 60.8 Å². The first kappa shape index (κ1) is 21.5. The van der Waals surface area contributed by atoms with Crippen LogP contribution in [0.4, 0.5) is 23.7 Å². The third-order valence-corrected chi connectivity index (χ3v) is 6.49. The van der Waals surface area contributed by atoms with Crippen LogP contribution in [0.5, 0.6) is 0 Å². The maximum atomic E-state index is 13.7. The lowest BCUT2D eigenvalue weighted by Crippen LogP contribution is -2.61. The molecule has 5 nitrogen and oxygen atoms in total. The second-order valence-electron chi connectivity index (χ2n) is 8.64. The van der Waals surface area contributed by atoms with Gasteiger partial charge in [0.15, 0.2) is 0 Å². The molecule has 2 aliphatic rings. The van der Waals surface area contributed by atoms with Crippen LogP contribution in [0.3, 0.4) is 0 Å². The van der Waals surface area contributed by atoms with Gasteiger partial charge in [0.1, 0.15) is 0 Å². The number of nitrogens with one attached hydrogen (secondary N) is 2. The molecule has 8 heteroatoms. The maximum absolute atomic E-state index is 13.7. The molecule has 0 radical (unpaired) electrons. The number of rotatable bonds is 2. The number of anilines is 1. The van der Waals surface area contributed by atoms with E-state index in [4.69, 9.17) is 0 Å². The molecule has 2 amide bonds. The number of pyridine rings is 1. The van der Waals surface area contributed by atoms with Crippen LogP contribution in [-0.2, 0) is 18.1 Å². The van der Waals surface area contributed by atoms with Crippen LogP contribution in [-0.4, -0.2) is 35.5 Å². The Kier molecular flexibility index (Phi) is 5.12. The molecule has 0 unspecified atom stereocenters. The number of carbonyl (C=O) groups is 1. The Morgan fingerprint density at radius 2 is 1.88 bits per heavy atom. The van der Waals surface area contributed by atoms with E-state index in [0.29, 0.717) is 12.2 Å².